The van der Waals surface area contributed by atoms with Gasteiger partial charge in [0.25, 0.3) is 0 Å². The van der Waals surface area contributed by atoms with Crippen molar-refractivity contribution < 1.29 is 20.2 Å². The molecule has 0 atom stereocenters. The first kappa shape index (κ1) is 20.5. The quantitative estimate of drug-likeness (QED) is 0.220. The van der Waals surface area contributed by atoms with Crippen molar-refractivity contribution in [2.45, 2.75) is 67.1 Å². The van der Waals surface area contributed by atoms with Gasteiger partial charge in [0.1, 0.15) is 24.0 Å². The third-order valence-corrected chi connectivity index (χ3v) is 6.97. The SMILES string of the molecule is [2H]C([2H])([2H])c1ccc(-c2cc(-c3c(C)ccc4c3oc3cc(F)ccc34)[n+](C)cc2C([2H])([2H])C(C)(C)C)c(C(C)(C)C)c1. The normalized spacial score (nSPS) is 15.2. The number of furan rings is 1. The van der Waals surface area contributed by atoms with E-state index in [0.29, 0.717) is 22.3 Å². The van der Waals surface area contributed by atoms with Crippen LogP contribution < -0.4 is 4.57 Å². The first-order valence-electron chi connectivity index (χ1n) is 15.5. The lowest BCUT2D eigenvalue weighted by Gasteiger charge is -2.26. The minimum atomic E-state index is -2.27. The highest BCUT2D eigenvalue weighted by molar-refractivity contribution is 6.09. The molecule has 2 heterocycles. The van der Waals surface area contributed by atoms with E-state index in [2.05, 4.69) is 0 Å². The molecule has 0 N–H and O–H groups in total. The molecule has 0 saturated heterocycles. The second-order valence-corrected chi connectivity index (χ2v) is 12.4. The summed E-state index contributed by atoms with van der Waals surface area (Å²) < 4.78 is 65.1. The molecule has 0 radical (unpaired) electrons. The molecule has 5 rings (SSSR count). The van der Waals surface area contributed by atoms with Crippen molar-refractivity contribution >= 4 is 21.9 Å². The number of nitrogens with zero attached hydrogens (tertiary/aromatic N) is 1. The second-order valence-electron chi connectivity index (χ2n) is 12.4. The van der Waals surface area contributed by atoms with Crippen LogP contribution in [0.4, 0.5) is 4.39 Å². The van der Waals surface area contributed by atoms with Crippen molar-refractivity contribution in [2.75, 3.05) is 0 Å². The van der Waals surface area contributed by atoms with Crippen LogP contribution in [-0.2, 0) is 18.8 Å². The van der Waals surface area contributed by atoms with Gasteiger partial charge in [0.05, 0.1) is 5.56 Å². The molecular weight excluding hydrogens is 469 g/mol. The Morgan fingerprint density at radius 2 is 1.66 bits per heavy atom. The van der Waals surface area contributed by atoms with Crippen LogP contribution in [0.1, 0.15) is 70.7 Å². The number of benzene rings is 3. The summed E-state index contributed by atoms with van der Waals surface area (Å²) in [6.45, 7) is 11.5. The van der Waals surface area contributed by atoms with E-state index >= 15 is 0 Å². The van der Waals surface area contributed by atoms with E-state index in [1.54, 1.807) is 18.2 Å². The molecule has 0 saturated carbocycles. The van der Waals surface area contributed by atoms with Gasteiger partial charge in [-0.1, -0.05) is 77.4 Å². The number of fused-ring (bicyclic) bond motifs is 3. The summed E-state index contributed by atoms with van der Waals surface area (Å²) in [5.41, 5.74) is 5.54. The highest BCUT2D eigenvalue weighted by Crippen LogP contribution is 2.41. The predicted molar refractivity (Wildman–Crippen MR) is 157 cm³/mol. The first-order valence-corrected chi connectivity index (χ1v) is 13.0. The molecule has 3 heteroatoms. The molecule has 5 aromatic rings. The van der Waals surface area contributed by atoms with E-state index in [-0.39, 0.29) is 11.4 Å². The number of hydrogen-bond acceptors (Lipinski definition) is 1. The molecule has 3 aromatic carbocycles. The van der Waals surface area contributed by atoms with Gasteiger partial charge >= 0.3 is 0 Å². The Morgan fingerprint density at radius 3 is 2.34 bits per heavy atom. The molecule has 0 spiro atoms. The summed E-state index contributed by atoms with van der Waals surface area (Å²) in [6.07, 6.45) is 0.106. The zero-order valence-electron chi connectivity index (χ0n) is 28.5. The maximum atomic E-state index is 14.1. The molecule has 0 aliphatic heterocycles. The molecule has 38 heavy (non-hydrogen) atoms. The summed E-state index contributed by atoms with van der Waals surface area (Å²) in [5.74, 6) is -0.373. The Labute approximate surface area is 233 Å². The predicted octanol–water partition coefficient (Wildman–Crippen LogP) is 9.39. The lowest BCUT2D eigenvalue weighted by Crippen LogP contribution is -2.32. The fourth-order valence-corrected chi connectivity index (χ4v) is 5.25. The summed E-state index contributed by atoms with van der Waals surface area (Å²) in [6, 6.07) is 15.7. The average Bonchev–Trinajstić information content (AvgIpc) is 3.24. The topological polar surface area (TPSA) is 17.0 Å². The summed E-state index contributed by atoms with van der Waals surface area (Å²) in [4.78, 5) is 0. The number of pyridine rings is 1. The van der Waals surface area contributed by atoms with E-state index in [4.69, 9.17) is 8.53 Å². The third-order valence-electron chi connectivity index (χ3n) is 6.97. The van der Waals surface area contributed by atoms with Gasteiger partial charge in [-0.3, -0.25) is 0 Å². The van der Waals surface area contributed by atoms with Crippen molar-refractivity contribution in [2.24, 2.45) is 12.5 Å². The van der Waals surface area contributed by atoms with Gasteiger partial charge in [-0.15, -0.1) is 0 Å². The van der Waals surface area contributed by atoms with Crippen LogP contribution >= 0.6 is 0 Å². The smallest absolute Gasteiger partial charge is 0.216 e. The first-order chi connectivity index (χ1) is 19.7. The highest BCUT2D eigenvalue weighted by atomic mass is 19.1. The van der Waals surface area contributed by atoms with Crippen LogP contribution in [0, 0.1) is 25.0 Å². The Bertz CT molecular complexity index is 1890. The lowest BCUT2D eigenvalue weighted by molar-refractivity contribution is -0.660. The van der Waals surface area contributed by atoms with Gasteiger partial charge in [0, 0.05) is 35.3 Å². The minimum Gasteiger partial charge on any atom is -0.455 e. The van der Waals surface area contributed by atoms with Gasteiger partial charge in [-0.2, -0.15) is 0 Å². The molecule has 2 aromatic heterocycles. The molecule has 0 fully saturated rings. The zero-order chi connectivity index (χ0) is 31.9. The van der Waals surface area contributed by atoms with E-state index in [0.717, 1.165) is 38.7 Å². The van der Waals surface area contributed by atoms with E-state index in [9.17, 15) is 7.13 Å². The van der Waals surface area contributed by atoms with Gasteiger partial charge in [-0.05, 0) is 65.4 Å². The largest absolute Gasteiger partial charge is 0.455 e. The Morgan fingerprint density at radius 1 is 0.921 bits per heavy atom. The average molecular weight is 514 g/mol. The van der Waals surface area contributed by atoms with E-state index in [1.165, 1.54) is 12.1 Å². The lowest BCUT2D eigenvalue weighted by atomic mass is 9.78. The van der Waals surface area contributed by atoms with Crippen LogP contribution in [0.3, 0.4) is 0 Å². The fourth-order valence-electron chi connectivity index (χ4n) is 5.25. The summed E-state index contributed by atoms with van der Waals surface area (Å²) in [7, 11) is 1.89. The van der Waals surface area contributed by atoms with Crippen LogP contribution in [-0.4, -0.2) is 0 Å². The van der Waals surface area contributed by atoms with Crippen molar-refractivity contribution in [1.82, 2.24) is 0 Å². The monoisotopic (exact) mass is 513 g/mol. The molecule has 196 valence electrons. The van der Waals surface area contributed by atoms with Crippen molar-refractivity contribution in [3.63, 3.8) is 0 Å². The maximum absolute atomic E-state index is 14.1. The van der Waals surface area contributed by atoms with Crippen LogP contribution in [0.2, 0.25) is 0 Å². The minimum absolute atomic E-state index is 0.249. The molecule has 2 nitrogen and oxygen atoms in total. The third kappa shape index (κ3) is 4.75. The van der Waals surface area contributed by atoms with Crippen LogP contribution in [0.5, 0.6) is 0 Å². The Kier molecular flexibility index (Phi) is 4.90. The van der Waals surface area contributed by atoms with Crippen molar-refractivity contribution in [3.05, 3.63) is 88.9 Å². The van der Waals surface area contributed by atoms with Gasteiger partial charge in [0.2, 0.25) is 5.69 Å². The standard InChI is InChI=1S/C35H39FNO/c1-21-10-13-25(29(16-21)35(6,7)8)28-18-30(37(9)20-23(28)19-34(3,4)5)32-22(2)11-14-27-26-15-12-24(36)17-31(26)38-33(27)32/h10-18,20H,19H2,1-9H3/q+1/i1D3,19D2. The van der Waals surface area contributed by atoms with E-state index < -0.39 is 24.1 Å². The number of halogens is 1. The van der Waals surface area contributed by atoms with Crippen molar-refractivity contribution in [3.8, 4) is 22.4 Å². The molecule has 0 aliphatic carbocycles. The number of hydrogen-bond donors (Lipinski definition) is 0. The number of aromatic nitrogens is 1. The molecule has 0 bridgehead atoms. The molecule has 0 unspecified atom stereocenters. The second kappa shape index (κ2) is 9.08. The molecule has 0 aliphatic rings. The number of rotatable bonds is 3. The van der Waals surface area contributed by atoms with Gasteiger partial charge in [-0.25, -0.2) is 8.96 Å². The summed E-state index contributed by atoms with van der Waals surface area (Å²) in [5, 5.41) is 1.68. The van der Waals surface area contributed by atoms with E-state index in [1.807, 2.05) is 90.5 Å². The Balaban J connectivity index is 1.91. The van der Waals surface area contributed by atoms with Gasteiger partial charge < -0.3 is 4.42 Å². The Hall–Kier alpha value is -3.46. The van der Waals surface area contributed by atoms with Gasteiger partial charge in [0.15, 0.2) is 6.20 Å². The van der Waals surface area contributed by atoms with Crippen LogP contribution in [0.25, 0.3) is 44.3 Å². The van der Waals surface area contributed by atoms with Crippen LogP contribution in [0.15, 0.2) is 65.2 Å². The number of aryl methyl sites for hydroxylation is 3. The molecule has 0 amide bonds. The maximum Gasteiger partial charge on any atom is 0.216 e. The zero-order valence-corrected chi connectivity index (χ0v) is 23.5. The molecular formula is C35H39FNO+. The van der Waals surface area contributed by atoms with Crippen molar-refractivity contribution in [1.29, 1.82) is 0 Å². The summed E-state index contributed by atoms with van der Waals surface area (Å²) >= 11 is 0. The fraction of sp³-hybridized carbons (Fsp3) is 0.343. The highest BCUT2D eigenvalue weighted by Gasteiger charge is 2.28.